The van der Waals surface area contributed by atoms with E-state index < -0.39 is 5.60 Å². The summed E-state index contributed by atoms with van der Waals surface area (Å²) in [7, 11) is 1.85. The SMILES string of the molecule is CCN1CCCC(O)(Cc2cn(C)nn2)CC1. The van der Waals surface area contributed by atoms with Gasteiger partial charge in [-0.05, 0) is 32.4 Å². The summed E-state index contributed by atoms with van der Waals surface area (Å²) in [6.45, 7) is 5.32. The first-order chi connectivity index (χ1) is 8.11. The molecule has 1 unspecified atom stereocenters. The number of aryl methyl sites for hydroxylation is 1. The van der Waals surface area contributed by atoms with E-state index in [4.69, 9.17) is 0 Å². The second kappa shape index (κ2) is 5.14. The molecule has 5 heteroatoms. The highest BCUT2D eigenvalue weighted by Gasteiger charge is 2.30. The van der Waals surface area contributed by atoms with Crippen LogP contribution >= 0.6 is 0 Å². The molecule has 1 N–H and O–H groups in total. The molecule has 2 rings (SSSR count). The van der Waals surface area contributed by atoms with Gasteiger partial charge in [0.05, 0.1) is 11.3 Å². The van der Waals surface area contributed by atoms with Crippen LogP contribution in [0.3, 0.4) is 0 Å². The van der Waals surface area contributed by atoms with Crippen molar-refractivity contribution in [3.63, 3.8) is 0 Å². The maximum absolute atomic E-state index is 10.6. The van der Waals surface area contributed by atoms with E-state index in [0.717, 1.165) is 44.6 Å². The Balaban J connectivity index is 1.98. The Bertz CT molecular complexity index is 365. The monoisotopic (exact) mass is 238 g/mol. The van der Waals surface area contributed by atoms with Gasteiger partial charge in [-0.2, -0.15) is 0 Å². The van der Waals surface area contributed by atoms with E-state index in [2.05, 4.69) is 22.1 Å². The number of hydrogen-bond acceptors (Lipinski definition) is 4. The molecule has 1 aliphatic rings. The van der Waals surface area contributed by atoms with Crippen LogP contribution in [0.25, 0.3) is 0 Å². The van der Waals surface area contributed by atoms with Crippen molar-refractivity contribution in [1.82, 2.24) is 19.9 Å². The predicted octanol–water partition coefficient (Wildman–Crippen LogP) is 0.594. The van der Waals surface area contributed by atoms with E-state index in [0.29, 0.717) is 6.42 Å². The van der Waals surface area contributed by atoms with E-state index in [9.17, 15) is 5.11 Å². The van der Waals surface area contributed by atoms with E-state index >= 15 is 0 Å². The average molecular weight is 238 g/mol. The van der Waals surface area contributed by atoms with Crippen LogP contribution in [0, 0.1) is 0 Å². The molecular formula is C12H22N4O. The molecule has 1 aromatic rings. The summed E-state index contributed by atoms with van der Waals surface area (Å²) in [6, 6.07) is 0. The second-order valence-corrected chi connectivity index (χ2v) is 5.07. The molecule has 1 saturated heterocycles. The number of aliphatic hydroxyl groups is 1. The lowest BCUT2D eigenvalue weighted by atomic mass is 9.90. The highest BCUT2D eigenvalue weighted by atomic mass is 16.3. The lowest BCUT2D eigenvalue weighted by Crippen LogP contribution is -2.33. The zero-order chi connectivity index (χ0) is 12.3. The normalized spacial score (nSPS) is 27.0. The van der Waals surface area contributed by atoms with Crippen molar-refractivity contribution < 1.29 is 5.11 Å². The van der Waals surface area contributed by atoms with Crippen LogP contribution in [-0.4, -0.2) is 50.2 Å². The smallest absolute Gasteiger partial charge is 0.0855 e. The van der Waals surface area contributed by atoms with Crippen LogP contribution in [0.1, 0.15) is 31.9 Å². The third kappa shape index (κ3) is 3.26. The van der Waals surface area contributed by atoms with Crippen LogP contribution in [0.15, 0.2) is 6.20 Å². The standard InChI is InChI=1S/C12H22N4O/c1-3-16-7-4-5-12(17,6-8-16)9-11-10-15(2)14-13-11/h10,17H,3-9H2,1-2H3. The summed E-state index contributed by atoms with van der Waals surface area (Å²) < 4.78 is 1.69. The Kier molecular flexibility index (Phi) is 3.79. The van der Waals surface area contributed by atoms with Gasteiger partial charge in [-0.25, -0.2) is 0 Å². The van der Waals surface area contributed by atoms with Gasteiger partial charge in [-0.15, -0.1) is 5.10 Å². The Hall–Kier alpha value is -0.940. The Labute approximate surface area is 102 Å². The van der Waals surface area contributed by atoms with Gasteiger partial charge < -0.3 is 10.0 Å². The number of nitrogens with zero attached hydrogens (tertiary/aromatic N) is 4. The van der Waals surface area contributed by atoms with Crippen molar-refractivity contribution in [2.75, 3.05) is 19.6 Å². The molecule has 0 radical (unpaired) electrons. The lowest BCUT2D eigenvalue weighted by Gasteiger charge is -2.25. The first-order valence-electron chi connectivity index (χ1n) is 6.41. The van der Waals surface area contributed by atoms with Crippen molar-refractivity contribution in [3.8, 4) is 0 Å². The minimum absolute atomic E-state index is 0.597. The van der Waals surface area contributed by atoms with E-state index in [-0.39, 0.29) is 0 Å². The molecule has 1 fully saturated rings. The predicted molar refractivity (Wildman–Crippen MR) is 65.6 cm³/mol. The van der Waals surface area contributed by atoms with Gasteiger partial charge in [0.2, 0.25) is 0 Å². The van der Waals surface area contributed by atoms with Crippen molar-refractivity contribution in [3.05, 3.63) is 11.9 Å². The summed E-state index contributed by atoms with van der Waals surface area (Å²) in [5.41, 5.74) is 0.292. The Morgan fingerprint density at radius 1 is 1.41 bits per heavy atom. The van der Waals surface area contributed by atoms with E-state index in [1.807, 2.05) is 13.2 Å². The Morgan fingerprint density at radius 3 is 2.88 bits per heavy atom. The van der Waals surface area contributed by atoms with Crippen molar-refractivity contribution in [2.45, 2.75) is 38.2 Å². The highest BCUT2D eigenvalue weighted by Crippen LogP contribution is 2.25. The molecule has 1 aromatic heterocycles. The number of likely N-dealkylation sites (tertiary alicyclic amines) is 1. The minimum atomic E-state index is -0.597. The number of aromatic nitrogens is 3. The molecule has 1 aliphatic heterocycles. The van der Waals surface area contributed by atoms with Crippen molar-refractivity contribution >= 4 is 0 Å². The third-order valence-electron chi connectivity index (χ3n) is 3.62. The van der Waals surface area contributed by atoms with Gasteiger partial charge in [0.25, 0.3) is 0 Å². The molecule has 96 valence electrons. The van der Waals surface area contributed by atoms with Crippen molar-refractivity contribution in [2.24, 2.45) is 7.05 Å². The number of hydrogen-bond donors (Lipinski definition) is 1. The van der Waals surface area contributed by atoms with Crippen LogP contribution in [0.5, 0.6) is 0 Å². The van der Waals surface area contributed by atoms with E-state index in [1.165, 1.54) is 0 Å². The van der Waals surface area contributed by atoms with Gasteiger partial charge in [0, 0.05) is 26.2 Å². The topological polar surface area (TPSA) is 54.2 Å². The molecule has 0 aromatic carbocycles. The van der Waals surface area contributed by atoms with Gasteiger partial charge >= 0.3 is 0 Å². The molecule has 0 spiro atoms. The third-order valence-corrected chi connectivity index (χ3v) is 3.62. The van der Waals surface area contributed by atoms with Gasteiger partial charge in [-0.3, -0.25) is 4.68 Å². The summed E-state index contributed by atoms with van der Waals surface area (Å²) >= 11 is 0. The summed E-state index contributed by atoms with van der Waals surface area (Å²) in [4.78, 5) is 2.40. The molecule has 0 saturated carbocycles. The fourth-order valence-corrected chi connectivity index (χ4v) is 2.54. The molecule has 0 aliphatic carbocycles. The van der Waals surface area contributed by atoms with Gasteiger partial charge in [0.15, 0.2) is 0 Å². The number of rotatable bonds is 3. The molecular weight excluding hydrogens is 216 g/mol. The summed E-state index contributed by atoms with van der Waals surface area (Å²) in [6.07, 6.45) is 5.26. The minimum Gasteiger partial charge on any atom is -0.389 e. The molecule has 17 heavy (non-hydrogen) atoms. The largest absolute Gasteiger partial charge is 0.389 e. The average Bonchev–Trinajstić information content (AvgIpc) is 2.59. The fourth-order valence-electron chi connectivity index (χ4n) is 2.54. The molecule has 2 heterocycles. The van der Waals surface area contributed by atoms with E-state index in [1.54, 1.807) is 4.68 Å². The molecule has 0 amide bonds. The zero-order valence-electron chi connectivity index (χ0n) is 10.8. The van der Waals surface area contributed by atoms with Gasteiger partial charge in [0.1, 0.15) is 0 Å². The molecule has 5 nitrogen and oxygen atoms in total. The van der Waals surface area contributed by atoms with Gasteiger partial charge in [-0.1, -0.05) is 12.1 Å². The quantitative estimate of drug-likeness (QED) is 0.837. The molecule has 0 bridgehead atoms. The highest BCUT2D eigenvalue weighted by molar-refractivity contribution is 5.00. The van der Waals surface area contributed by atoms with Crippen LogP contribution in [-0.2, 0) is 13.5 Å². The second-order valence-electron chi connectivity index (χ2n) is 5.07. The summed E-state index contributed by atoms with van der Waals surface area (Å²) in [5.74, 6) is 0. The fraction of sp³-hybridized carbons (Fsp3) is 0.833. The van der Waals surface area contributed by atoms with Crippen LogP contribution < -0.4 is 0 Å². The maximum atomic E-state index is 10.6. The molecule has 1 atom stereocenters. The van der Waals surface area contributed by atoms with Crippen LogP contribution in [0.2, 0.25) is 0 Å². The zero-order valence-corrected chi connectivity index (χ0v) is 10.8. The van der Waals surface area contributed by atoms with Crippen LogP contribution in [0.4, 0.5) is 0 Å². The Morgan fingerprint density at radius 2 is 2.24 bits per heavy atom. The van der Waals surface area contributed by atoms with Crippen molar-refractivity contribution in [1.29, 1.82) is 0 Å². The lowest BCUT2D eigenvalue weighted by molar-refractivity contribution is 0.0249. The maximum Gasteiger partial charge on any atom is 0.0855 e. The first kappa shape index (κ1) is 12.5. The summed E-state index contributed by atoms with van der Waals surface area (Å²) in [5, 5.41) is 18.6. The first-order valence-corrected chi connectivity index (χ1v) is 6.41.